The molecule has 0 fully saturated rings. The van der Waals surface area contributed by atoms with Gasteiger partial charge in [0.1, 0.15) is 0 Å². The van der Waals surface area contributed by atoms with Gasteiger partial charge in [0.2, 0.25) is 0 Å². The average molecular weight is 294 g/mol. The third-order valence-electron chi connectivity index (χ3n) is 4.35. The predicted octanol–water partition coefficient (Wildman–Crippen LogP) is 4.36. The molecule has 3 heteroatoms. The van der Waals surface area contributed by atoms with Gasteiger partial charge in [-0.25, -0.2) is 4.79 Å². The van der Waals surface area contributed by atoms with Crippen molar-refractivity contribution in [3.05, 3.63) is 65.2 Å². The third kappa shape index (κ3) is 2.84. The van der Waals surface area contributed by atoms with E-state index in [2.05, 4.69) is 37.4 Å². The summed E-state index contributed by atoms with van der Waals surface area (Å²) in [6.07, 6.45) is 0.879. The Bertz CT molecular complexity index is 689. The van der Waals surface area contributed by atoms with Gasteiger partial charge in [-0.1, -0.05) is 42.0 Å². The normalized spacial score (nSPS) is 16.0. The smallest absolute Gasteiger partial charge is 0.315 e. The third-order valence-corrected chi connectivity index (χ3v) is 4.35. The first-order chi connectivity index (χ1) is 10.5. The highest BCUT2D eigenvalue weighted by atomic mass is 16.2. The van der Waals surface area contributed by atoms with E-state index in [1.54, 1.807) is 0 Å². The molecule has 0 spiro atoms. The number of carbonyl (C=O) groups excluding carboxylic acids is 1. The van der Waals surface area contributed by atoms with E-state index in [9.17, 15) is 4.79 Å². The van der Waals surface area contributed by atoms with E-state index in [-0.39, 0.29) is 11.6 Å². The first-order valence-electron chi connectivity index (χ1n) is 7.68. The zero-order valence-corrected chi connectivity index (χ0v) is 13.4. The second-order valence-corrected chi connectivity index (χ2v) is 6.64. The quantitative estimate of drug-likeness (QED) is 0.832. The zero-order chi connectivity index (χ0) is 15.7. The number of hydrogen-bond donors (Lipinski definition) is 1. The fraction of sp³-hybridized carbons (Fsp3) is 0.316. The number of hydrogen-bond acceptors (Lipinski definition) is 1. The molecular weight excluding hydrogens is 272 g/mol. The maximum atomic E-state index is 12.7. The van der Waals surface area contributed by atoms with E-state index in [4.69, 9.17) is 0 Å². The minimum Gasteiger partial charge on any atom is -0.315 e. The Morgan fingerprint density at radius 1 is 1.05 bits per heavy atom. The van der Waals surface area contributed by atoms with Crippen molar-refractivity contribution in [1.29, 1.82) is 0 Å². The predicted molar refractivity (Wildman–Crippen MR) is 90.0 cm³/mol. The summed E-state index contributed by atoms with van der Waals surface area (Å²) >= 11 is 0. The van der Waals surface area contributed by atoms with Crippen LogP contribution in [0, 0.1) is 6.92 Å². The standard InChI is InChI=1S/C19H22N2O/c1-14-8-10-17(11-9-14)20-18(22)21-13-16-7-5-4-6-15(16)12-19(21,2)3/h4-11H,12-13H2,1-3H3,(H,20,22). The SMILES string of the molecule is Cc1ccc(NC(=O)N2Cc3ccccc3CC2(C)C)cc1. The van der Waals surface area contributed by atoms with Crippen molar-refractivity contribution in [2.45, 2.75) is 39.3 Å². The molecule has 0 atom stereocenters. The molecule has 22 heavy (non-hydrogen) atoms. The van der Waals surface area contributed by atoms with Gasteiger partial charge in [0, 0.05) is 17.8 Å². The monoisotopic (exact) mass is 294 g/mol. The highest BCUT2D eigenvalue weighted by Crippen LogP contribution is 2.31. The van der Waals surface area contributed by atoms with Crippen LogP contribution in [-0.4, -0.2) is 16.5 Å². The van der Waals surface area contributed by atoms with Gasteiger partial charge in [0.05, 0.1) is 0 Å². The second kappa shape index (κ2) is 5.48. The summed E-state index contributed by atoms with van der Waals surface area (Å²) in [6, 6.07) is 16.2. The molecule has 1 aliphatic heterocycles. The van der Waals surface area contributed by atoms with Gasteiger partial charge in [-0.15, -0.1) is 0 Å². The molecule has 1 heterocycles. The molecule has 3 rings (SSSR count). The van der Waals surface area contributed by atoms with Crippen molar-refractivity contribution >= 4 is 11.7 Å². The van der Waals surface area contributed by atoms with Crippen LogP contribution in [0.15, 0.2) is 48.5 Å². The van der Waals surface area contributed by atoms with Gasteiger partial charge >= 0.3 is 6.03 Å². The molecule has 2 amide bonds. The van der Waals surface area contributed by atoms with Crippen LogP contribution < -0.4 is 5.32 Å². The topological polar surface area (TPSA) is 32.3 Å². The largest absolute Gasteiger partial charge is 0.322 e. The molecule has 0 bridgehead atoms. The number of carbonyl (C=O) groups is 1. The molecule has 0 aliphatic carbocycles. The summed E-state index contributed by atoms with van der Waals surface area (Å²) in [5.41, 5.74) is 4.41. The average Bonchev–Trinajstić information content (AvgIpc) is 2.48. The van der Waals surface area contributed by atoms with E-state index in [0.717, 1.165) is 12.1 Å². The molecule has 3 nitrogen and oxygen atoms in total. The van der Waals surface area contributed by atoms with E-state index >= 15 is 0 Å². The molecule has 0 radical (unpaired) electrons. The maximum Gasteiger partial charge on any atom is 0.322 e. The van der Waals surface area contributed by atoms with Crippen molar-refractivity contribution in [3.8, 4) is 0 Å². The van der Waals surface area contributed by atoms with Gasteiger partial charge in [-0.3, -0.25) is 0 Å². The van der Waals surface area contributed by atoms with Crippen LogP contribution in [0.25, 0.3) is 0 Å². The van der Waals surface area contributed by atoms with Crippen LogP contribution in [0.1, 0.15) is 30.5 Å². The molecule has 114 valence electrons. The van der Waals surface area contributed by atoms with Crippen LogP contribution >= 0.6 is 0 Å². The summed E-state index contributed by atoms with van der Waals surface area (Å²) in [6.45, 7) is 6.94. The lowest BCUT2D eigenvalue weighted by Gasteiger charge is -2.43. The Morgan fingerprint density at radius 2 is 1.68 bits per heavy atom. The van der Waals surface area contributed by atoms with Crippen LogP contribution in [-0.2, 0) is 13.0 Å². The number of nitrogens with one attached hydrogen (secondary N) is 1. The van der Waals surface area contributed by atoms with Crippen LogP contribution in [0.5, 0.6) is 0 Å². The van der Waals surface area contributed by atoms with Gasteiger partial charge in [-0.05, 0) is 50.5 Å². The first kappa shape index (κ1) is 14.6. The van der Waals surface area contributed by atoms with Crippen molar-refractivity contribution < 1.29 is 4.79 Å². The Hall–Kier alpha value is -2.29. The maximum absolute atomic E-state index is 12.7. The molecule has 2 aromatic rings. The van der Waals surface area contributed by atoms with E-state index in [1.807, 2.05) is 42.2 Å². The molecule has 0 unspecified atom stereocenters. The minimum atomic E-state index is -0.191. The molecule has 0 saturated heterocycles. The highest BCUT2D eigenvalue weighted by molar-refractivity contribution is 5.90. The lowest BCUT2D eigenvalue weighted by molar-refractivity contribution is 0.130. The van der Waals surface area contributed by atoms with Gasteiger partial charge in [0.25, 0.3) is 0 Å². The van der Waals surface area contributed by atoms with Gasteiger partial charge < -0.3 is 10.2 Å². The Labute approximate surface area is 132 Å². The Kier molecular flexibility index (Phi) is 3.65. The fourth-order valence-electron chi connectivity index (χ4n) is 3.00. The lowest BCUT2D eigenvalue weighted by Crippen LogP contribution is -2.52. The second-order valence-electron chi connectivity index (χ2n) is 6.64. The molecule has 1 aliphatic rings. The van der Waals surface area contributed by atoms with Gasteiger partial charge in [0.15, 0.2) is 0 Å². The molecule has 0 saturated carbocycles. The number of nitrogens with zero attached hydrogens (tertiary/aromatic N) is 1. The number of amides is 2. The summed E-state index contributed by atoms with van der Waals surface area (Å²) in [4.78, 5) is 14.6. The molecule has 0 aromatic heterocycles. The Morgan fingerprint density at radius 3 is 2.36 bits per heavy atom. The molecule has 2 aromatic carbocycles. The van der Waals surface area contributed by atoms with E-state index in [0.29, 0.717) is 6.54 Å². The van der Waals surface area contributed by atoms with Crippen LogP contribution in [0.4, 0.5) is 10.5 Å². The minimum absolute atomic E-state index is 0.0386. The number of rotatable bonds is 1. The van der Waals surface area contributed by atoms with E-state index < -0.39 is 0 Å². The lowest BCUT2D eigenvalue weighted by atomic mass is 9.86. The summed E-state index contributed by atoms with van der Waals surface area (Å²) in [7, 11) is 0. The Balaban J connectivity index is 1.81. The number of urea groups is 1. The van der Waals surface area contributed by atoms with Gasteiger partial charge in [-0.2, -0.15) is 0 Å². The first-order valence-corrected chi connectivity index (χ1v) is 7.68. The van der Waals surface area contributed by atoms with Crippen molar-refractivity contribution in [2.24, 2.45) is 0 Å². The number of anilines is 1. The highest BCUT2D eigenvalue weighted by Gasteiger charge is 2.35. The summed E-state index contributed by atoms with van der Waals surface area (Å²) in [5, 5.41) is 3.01. The number of benzene rings is 2. The zero-order valence-electron chi connectivity index (χ0n) is 13.4. The number of aryl methyl sites for hydroxylation is 1. The summed E-state index contributed by atoms with van der Waals surface area (Å²) < 4.78 is 0. The van der Waals surface area contributed by atoms with E-state index in [1.165, 1.54) is 16.7 Å². The molecular formula is C19H22N2O. The van der Waals surface area contributed by atoms with Crippen molar-refractivity contribution in [1.82, 2.24) is 4.90 Å². The number of fused-ring (bicyclic) bond motifs is 1. The van der Waals surface area contributed by atoms with Crippen LogP contribution in [0.3, 0.4) is 0 Å². The molecule has 1 N–H and O–H groups in total. The summed E-state index contributed by atoms with van der Waals surface area (Å²) in [5.74, 6) is 0. The van der Waals surface area contributed by atoms with Crippen molar-refractivity contribution in [3.63, 3.8) is 0 Å². The van der Waals surface area contributed by atoms with Crippen molar-refractivity contribution in [2.75, 3.05) is 5.32 Å². The fourth-order valence-corrected chi connectivity index (χ4v) is 3.00. The van der Waals surface area contributed by atoms with Crippen LogP contribution in [0.2, 0.25) is 0 Å².